The van der Waals surface area contributed by atoms with E-state index in [1.807, 2.05) is 31.2 Å². The molecule has 0 aromatic heterocycles. The van der Waals surface area contributed by atoms with E-state index in [1.54, 1.807) is 6.92 Å². The molecular weight excluding hydrogens is 266 g/mol. The van der Waals surface area contributed by atoms with Crippen LogP contribution in [0, 0.1) is 12.8 Å². The van der Waals surface area contributed by atoms with Gasteiger partial charge in [0.1, 0.15) is 5.75 Å². The van der Waals surface area contributed by atoms with Crippen LogP contribution in [0.4, 0.5) is 0 Å². The van der Waals surface area contributed by atoms with Crippen molar-refractivity contribution in [1.82, 2.24) is 5.32 Å². The summed E-state index contributed by atoms with van der Waals surface area (Å²) in [5, 5.41) is 12.8. The van der Waals surface area contributed by atoms with Crippen molar-refractivity contribution < 1.29 is 14.6 Å². The number of carbonyl (C=O) groups excluding carboxylic acids is 1. The van der Waals surface area contributed by atoms with Gasteiger partial charge in [-0.3, -0.25) is 4.79 Å². The number of hydrogen-bond acceptors (Lipinski definition) is 3. The average Bonchev–Trinajstić information content (AvgIpc) is 2.48. The van der Waals surface area contributed by atoms with Gasteiger partial charge in [-0.2, -0.15) is 0 Å². The van der Waals surface area contributed by atoms with E-state index in [4.69, 9.17) is 4.74 Å². The molecule has 2 rings (SSSR count). The fraction of sp³-hybridized carbons (Fsp3) is 0.588. The van der Waals surface area contributed by atoms with Gasteiger partial charge in [0.25, 0.3) is 5.91 Å². The van der Waals surface area contributed by atoms with E-state index in [2.05, 4.69) is 5.32 Å². The van der Waals surface area contributed by atoms with E-state index >= 15 is 0 Å². The Bertz CT molecular complexity index is 458. The maximum absolute atomic E-state index is 12.0. The molecule has 1 fully saturated rings. The molecule has 116 valence electrons. The topological polar surface area (TPSA) is 58.6 Å². The van der Waals surface area contributed by atoms with Crippen molar-refractivity contribution in [3.8, 4) is 5.75 Å². The Hall–Kier alpha value is -1.55. The van der Waals surface area contributed by atoms with Crippen LogP contribution in [-0.2, 0) is 4.79 Å². The van der Waals surface area contributed by atoms with Crippen LogP contribution in [0.15, 0.2) is 24.3 Å². The molecule has 4 nitrogen and oxygen atoms in total. The number of aliphatic hydroxyl groups excluding tert-OH is 1. The van der Waals surface area contributed by atoms with Gasteiger partial charge in [-0.05, 0) is 38.8 Å². The third-order valence-corrected chi connectivity index (χ3v) is 4.11. The SMILES string of the molecule is Cc1ccc(OC(C)C(=O)NCC2CCCCC2O)cc1. The first-order valence-electron chi connectivity index (χ1n) is 7.75. The van der Waals surface area contributed by atoms with Gasteiger partial charge in [-0.1, -0.05) is 30.5 Å². The summed E-state index contributed by atoms with van der Waals surface area (Å²) >= 11 is 0. The van der Waals surface area contributed by atoms with Gasteiger partial charge < -0.3 is 15.2 Å². The van der Waals surface area contributed by atoms with Crippen molar-refractivity contribution in [2.75, 3.05) is 6.54 Å². The molecule has 2 N–H and O–H groups in total. The van der Waals surface area contributed by atoms with Crippen LogP contribution in [0.3, 0.4) is 0 Å². The minimum absolute atomic E-state index is 0.131. The number of hydrogen-bond donors (Lipinski definition) is 2. The van der Waals surface area contributed by atoms with Gasteiger partial charge in [0.2, 0.25) is 0 Å². The molecule has 3 unspecified atom stereocenters. The highest BCUT2D eigenvalue weighted by molar-refractivity contribution is 5.80. The predicted molar refractivity (Wildman–Crippen MR) is 82.2 cm³/mol. The number of amides is 1. The van der Waals surface area contributed by atoms with E-state index in [9.17, 15) is 9.90 Å². The minimum atomic E-state index is -0.534. The standard InChI is InChI=1S/C17H25NO3/c1-12-7-9-15(10-8-12)21-13(2)17(20)18-11-14-5-3-4-6-16(14)19/h7-10,13-14,16,19H,3-6,11H2,1-2H3,(H,18,20). The summed E-state index contributed by atoms with van der Waals surface area (Å²) < 4.78 is 5.62. The molecule has 0 heterocycles. The Labute approximate surface area is 126 Å². The number of carbonyl (C=O) groups is 1. The monoisotopic (exact) mass is 291 g/mol. The molecular formula is C17H25NO3. The molecule has 1 aromatic rings. The number of aryl methyl sites for hydroxylation is 1. The molecule has 1 amide bonds. The Kier molecular flexibility index (Phi) is 5.62. The van der Waals surface area contributed by atoms with Crippen molar-refractivity contribution in [2.45, 2.75) is 51.7 Å². The Morgan fingerprint density at radius 3 is 2.67 bits per heavy atom. The second kappa shape index (κ2) is 7.46. The van der Waals surface area contributed by atoms with Crippen LogP contribution < -0.4 is 10.1 Å². The average molecular weight is 291 g/mol. The second-order valence-electron chi connectivity index (χ2n) is 5.93. The van der Waals surface area contributed by atoms with Crippen molar-refractivity contribution in [3.63, 3.8) is 0 Å². The van der Waals surface area contributed by atoms with Crippen LogP contribution >= 0.6 is 0 Å². The van der Waals surface area contributed by atoms with E-state index in [0.29, 0.717) is 12.3 Å². The normalized spacial score (nSPS) is 23.4. The lowest BCUT2D eigenvalue weighted by Gasteiger charge is -2.28. The number of rotatable bonds is 5. The van der Waals surface area contributed by atoms with Gasteiger partial charge in [0.05, 0.1) is 6.10 Å². The number of nitrogens with one attached hydrogen (secondary N) is 1. The second-order valence-corrected chi connectivity index (χ2v) is 5.93. The molecule has 1 aliphatic carbocycles. The summed E-state index contributed by atoms with van der Waals surface area (Å²) in [6.07, 6.45) is 3.22. The first-order chi connectivity index (χ1) is 10.1. The zero-order valence-electron chi connectivity index (χ0n) is 12.8. The Morgan fingerprint density at radius 1 is 1.33 bits per heavy atom. The first-order valence-corrected chi connectivity index (χ1v) is 7.75. The van der Waals surface area contributed by atoms with E-state index < -0.39 is 6.10 Å². The van der Waals surface area contributed by atoms with Gasteiger partial charge in [0, 0.05) is 12.5 Å². The predicted octanol–water partition coefficient (Wildman–Crippen LogP) is 2.43. The highest BCUT2D eigenvalue weighted by atomic mass is 16.5. The third-order valence-electron chi connectivity index (χ3n) is 4.11. The Morgan fingerprint density at radius 2 is 2.00 bits per heavy atom. The van der Waals surface area contributed by atoms with Crippen LogP contribution in [0.5, 0.6) is 5.75 Å². The maximum Gasteiger partial charge on any atom is 0.260 e. The van der Waals surface area contributed by atoms with Gasteiger partial charge in [0.15, 0.2) is 6.10 Å². The number of ether oxygens (including phenoxy) is 1. The fourth-order valence-electron chi connectivity index (χ4n) is 2.68. The smallest absolute Gasteiger partial charge is 0.260 e. The summed E-state index contributed by atoms with van der Waals surface area (Å²) in [6.45, 7) is 4.28. The Balaban J connectivity index is 1.78. The minimum Gasteiger partial charge on any atom is -0.481 e. The number of aliphatic hydroxyl groups is 1. The van der Waals surface area contributed by atoms with Gasteiger partial charge in [-0.25, -0.2) is 0 Å². The van der Waals surface area contributed by atoms with Crippen molar-refractivity contribution in [1.29, 1.82) is 0 Å². The third kappa shape index (κ3) is 4.74. The van der Waals surface area contributed by atoms with Crippen LogP contribution in [0.1, 0.15) is 38.2 Å². The van der Waals surface area contributed by atoms with Crippen LogP contribution in [-0.4, -0.2) is 29.8 Å². The lowest BCUT2D eigenvalue weighted by atomic mass is 9.86. The lowest BCUT2D eigenvalue weighted by Crippen LogP contribution is -2.42. The fourth-order valence-corrected chi connectivity index (χ4v) is 2.68. The first kappa shape index (κ1) is 15.8. The van der Waals surface area contributed by atoms with Crippen molar-refractivity contribution >= 4 is 5.91 Å². The van der Waals surface area contributed by atoms with E-state index in [-0.39, 0.29) is 17.9 Å². The molecule has 0 radical (unpaired) electrons. The number of benzene rings is 1. The molecule has 0 spiro atoms. The van der Waals surface area contributed by atoms with Crippen molar-refractivity contribution in [2.24, 2.45) is 5.92 Å². The van der Waals surface area contributed by atoms with Crippen LogP contribution in [0.2, 0.25) is 0 Å². The summed E-state index contributed by atoms with van der Waals surface area (Å²) in [7, 11) is 0. The summed E-state index contributed by atoms with van der Waals surface area (Å²) in [5.41, 5.74) is 1.16. The highest BCUT2D eigenvalue weighted by Gasteiger charge is 2.24. The molecule has 1 aliphatic rings. The summed E-state index contributed by atoms with van der Waals surface area (Å²) in [4.78, 5) is 12.0. The molecule has 1 aromatic carbocycles. The molecule has 4 heteroatoms. The van der Waals surface area contributed by atoms with Crippen LogP contribution in [0.25, 0.3) is 0 Å². The van der Waals surface area contributed by atoms with Gasteiger partial charge in [-0.15, -0.1) is 0 Å². The highest BCUT2D eigenvalue weighted by Crippen LogP contribution is 2.23. The lowest BCUT2D eigenvalue weighted by molar-refractivity contribution is -0.127. The molecule has 0 aliphatic heterocycles. The zero-order chi connectivity index (χ0) is 15.2. The van der Waals surface area contributed by atoms with Gasteiger partial charge >= 0.3 is 0 Å². The zero-order valence-corrected chi connectivity index (χ0v) is 12.8. The molecule has 0 saturated heterocycles. The van der Waals surface area contributed by atoms with E-state index in [1.165, 1.54) is 0 Å². The molecule has 0 bridgehead atoms. The maximum atomic E-state index is 12.0. The largest absolute Gasteiger partial charge is 0.481 e. The molecule has 21 heavy (non-hydrogen) atoms. The summed E-state index contributed by atoms with van der Waals surface area (Å²) in [5.74, 6) is 0.739. The molecule has 3 atom stereocenters. The van der Waals surface area contributed by atoms with Crippen molar-refractivity contribution in [3.05, 3.63) is 29.8 Å². The molecule has 1 saturated carbocycles. The quantitative estimate of drug-likeness (QED) is 0.876. The summed E-state index contributed by atoms with van der Waals surface area (Å²) in [6, 6.07) is 7.64. The van der Waals surface area contributed by atoms with E-state index in [0.717, 1.165) is 31.2 Å².